The van der Waals surface area contributed by atoms with Crippen molar-refractivity contribution in [2.75, 3.05) is 11.1 Å². The van der Waals surface area contributed by atoms with Gasteiger partial charge in [-0.1, -0.05) is 12.1 Å². The van der Waals surface area contributed by atoms with Crippen LogP contribution in [0.4, 0.5) is 17.5 Å². The Morgan fingerprint density at radius 3 is 3.00 bits per heavy atom. The van der Waals surface area contributed by atoms with Gasteiger partial charge in [0, 0.05) is 24.3 Å². The fourth-order valence-electron chi connectivity index (χ4n) is 2.10. The van der Waals surface area contributed by atoms with Crippen molar-refractivity contribution in [1.29, 1.82) is 0 Å². The van der Waals surface area contributed by atoms with E-state index in [0.717, 1.165) is 30.0 Å². The van der Waals surface area contributed by atoms with Gasteiger partial charge >= 0.3 is 0 Å². The predicted octanol–water partition coefficient (Wildman–Crippen LogP) is 1.71. The maximum Gasteiger partial charge on any atom is 0.229 e. The molecule has 5 heteroatoms. The van der Waals surface area contributed by atoms with E-state index in [4.69, 9.17) is 5.73 Å². The lowest BCUT2D eigenvalue weighted by molar-refractivity contribution is 0.758. The van der Waals surface area contributed by atoms with E-state index >= 15 is 0 Å². The molecule has 5 nitrogen and oxygen atoms in total. The summed E-state index contributed by atoms with van der Waals surface area (Å²) in [6.07, 6.45) is 0. The Bertz CT molecular complexity index is 594. The molecule has 3 rings (SSSR count). The molecule has 1 aromatic heterocycles. The van der Waals surface area contributed by atoms with Crippen LogP contribution in [0.3, 0.4) is 0 Å². The second-order valence-electron chi connectivity index (χ2n) is 4.46. The van der Waals surface area contributed by atoms with Crippen LogP contribution in [-0.2, 0) is 13.1 Å². The van der Waals surface area contributed by atoms with Gasteiger partial charge in [0.15, 0.2) is 0 Å². The van der Waals surface area contributed by atoms with Crippen molar-refractivity contribution in [3.8, 4) is 0 Å². The molecular weight excluding hydrogens is 226 g/mol. The van der Waals surface area contributed by atoms with E-state index in [1.807, 2.05) is 31.2 Å². The molecular formula is C13H15N5. The van der Waals surface area contributed by atoms with Gasteiger partial charge in [0.25, 0.3) is 0 Å². The minimum absolute atomic E-state index is 0.556. The Morgan fingerprint density at radius 2 is 2.17 bits per heavy atom. The number of benzene rings is 1. The summed E-state index contributed by atoms with van der Waals surface area (Å²) in [6.45, 7) is 3.56. The summed E-state index contributed by atoms with van der Waals surface area (Å²) in [7, 11) is 0. The quantitative estimate of drug-likeness (QED) is 0.746. The summed E-state index contributed by atoms with van der Waals surface area (Å²) < 4.78 is 0. The van der Waals surface area contributed by atoms with Crippen LogP contribution in [0.1, 0.15) is 16.8 Å². The van der Waals surface area contributed by atoms with Gasteiger partial charge in [0.2, 0.25) is 5.95 Å². The van der Waals surface area contributed by atoms with Gasteiger partial charge in [-0.15, -0.1) is 0 Å². The number of aryl methyl sites for hydroxylation is 1. The van der Waals surface area contributed by atoms with Crippen molar-refractivity contribution >= 4 is 17.5 Å². The Hall–Kier alpha value is -2.14. The second kappa shape index (κ2) is 4.27. The van der Waals surface area contributed by atoms with Crippen LogP contribution in [-0.4, -0.2) is 9.97 Å². The average Bonchev–Trinajstić information content (AvgIpc) is 2.77. The lowest BCUT2D eigenvalue weighted by Crippen LogP contribution is -2.05. The summed E-state index contributed by atoms with van der Waals surface area (Å²) in [5.74, 6) is 1.11. The van der Waals surface area contributed by atoms with Gasteiger partial charge in [-0.25, -0.2) is 4.98 Å². The first-order valence-corrected chi connectivity index (χ1v) is 5.92. The van der Waals surface area contributed by atoms with Crippen LogP contribution in [0.5, 0.6) is 0 Å². The zero-order chi connectivity index (χ0) is 12.5. The number of aromatic nitrogens is 2. The molecule has 18 heavy (non-hydrogen) atoms. The van der Waals surface area contributed by atoms with Gasteiger partial charge in [-0.3, -0.25) is 0 Å². The largest absolute Gasteiger partial charge is 0.383 e. The molecule has 0 aliphatic carbocycles. The predicted molar refractivity (Wildman–Crippen MR) is 71.4 cm³/mol. The number of hydrogen-bond donors (Lipinski definition) is 3. The van der Waals surface area contributed by atoms with Gasteiger partial charge < -0.3 is 16.4 Å². The molecule has 2 heterocycles. The molecule has 2 aromatic rings. The van der Waals surface area contributed by atoms with E-state index in [2.05, 4.69) is 20.6 Å². The van der Waals surface area contributed by atoms with Crippen LogP contribution in [0.25, 0.3) is 0 Å². The summed E-state index contributed by atoms with van der Waals surface area (Å²) in [5.41, 5.74) is 10.1. The maximum atomic E-state index is 5.93. The van der Waals surface area contributed by atoms with Crippen molar-refractivity contribution in [3.63, 3.8) is 0 Å². The van der Waals surface area contributed by atoms with Crippen molar-refractivity contribution < 1.29 is 0 Å². The van der Waals surface area contributed by atoms with E-state index in [9.17, 15) is 0 Å². The second-order valence-corrected chi connectivity index (χ2v) is 4.46. The summed E-state index contributed by atoms with van der Waals surface area (Å²) in [5, 5.41) is 6.40. The topological polar surface area (TPSA) is 75.9 Å². The fraction of sp³-hybridized carbons (Fsp3) is 0.231. The number of anilines is 3. The van der Waals surface area contributed by atoms with E-state index in [1.165, 1.54) is 5.56 Å². The minimum Gasteiger partial charge on any atom is -0.383 e. The summed E-state index contributed by atoms with van der Waals surface area (Å²) in [6, 6.07) is 8.08. The van der Waals surface area contributed by atoms with Crippen LogP contribution >= 0.6 is 0 Å². The highest BCUT2D eigenvalue weighted by Gasteiger charge is 2.17. The van der Waals surface area contributed by atoms with Gasteiger partial charge in [-0.05, 0) is 24.6 Å². The molecule has 1 aliphatic rings. The summed E-state index contributed by atoms with van der Waals surface area (Å²) in [4.78, 5) is 8.76. The van der Waals surface area contributed by atoms with Gasteiger partial charge in [-0.2, -0.15) is 4.98 Å². The SMILES string of the molecule is Cc1cccc(Nc2nc(N)c3c(n2)CNC3)c1. The number of nitrogens with zero attached hydrogens (tertiary/aromatic N) is 2. The van der Waals surface area contributed by atoms with E-state index in [-0.39, 0.29) is 0 Å². The van der Waals surface area contributed by atoms with Crippen molar-refractivity contribution in [2.24, 2.45) is 0 Å². The van der Waals surface area contributed by atoms with Crippen molar-refractivity contribution in [2.45, 2.75) is 20.0 Å². The zero-order valence-corrected chi connectivity index (χ0v) is 10.2. The number of fused-ring (bicyclic) bond motifs is 1. The zero-order valence-electron chi connectivity index (χ0n) is 10.2. The average molecular weight is 241 g/mol. The number of nitrogen functional groups attached to an aromatic ring is 1. The van der Waals surface area contributed by atoms with Gasteiger partial charge in [0.1, 0.15) is 5.82 Å². The highest BCUT2D eigenvalue weighted by atomic mass is 15.1. The molecule has 0 saturated carbocycles. The normalized spacial score (nSPS) is 13.4. The molecule has 0 spiro atoms. The molecule has 1 aliphatic heterocycles. The number of nitrogens with one attached hydrogen (secondary N) is 2. The number of nitrogens with two attached hydrogens (primary N) is 1. The molecule has 0 saturated heterocycles. The third-order valence-electron chi connectivity index (χ3n) is 2.99. The number of hydrogen-bond acceptors (Lipinski definition) is 5. The Balaban J connectivity index is 1.92. The van der Waals surface area contributed by atoms with Gasteiger partial charge in [0.05, 0.1) is 5.69 Å². The highest BCUT2D eigenvalue weighted by Crippen LogP contribution is 2.22. The highest BCUT2D eigenvalue weighted by molar-refractivity contribution is 5.57. The molecule has 0 unspecified atom stereocenters. The third kappa shape index (κ3) is 2.00. The number of rotatable bonds is 2. The molecule has 0 amide bonds. The lowest BCUT2D eigenvalue weighted by atomic mass is 10.2. The molecule has 0 radical (unpaired) electrons. The smallest absolute Gasteiger partial charge is 0.229 e. The molecule has 0 bridgehead atoms. The first kappa shape index (κ1) is 11.0. The summed E-state index contributed by atoms with van der Waals surface area (Å²) >= 11 is 0. The van der Waals surface area contributed by atoms with Crippen LogP contribution < -0.4 is 16.4 Å². The van der Waals surface area contributed by atoms with E-state index < -0.39 is 0 Å². The Kier molecular flexibility index (Phi) is 2.60. The molecule has 1 aromatic carbocycles. The first-order valence-electron chi connectivity index (χ1n) is 5.92. The monoisotopic (exact) mass is 241 g/mol. The van der Waals surface area contributed by atoms with Crippen LogP contribution in [0.15, 0.2) is 24.3 Å². The van der Waals surface area contributed by atoms with E-state index in [1.54, 1.807) is 0 Å². The molecule has 0 atom stereocenters. The van der Waals surface area contributed by atoms with Crippen LogP contribution in [0, 0.1) is 6.92 Å². The van der Waals surface area contributed by atoms with Crippen LogP contribution in [0.2, 0.25) is 0 Å². The standard InChI is InChI=1S/C13H15N5/c1-8-3-2-4-9(5-8)16-13-17-11-7-15-6-10(11)12(14)18-13/h2-5,15H,6-7H2,1H3,(H3,14,16,17,18). The fourth-order valence-corrected chi connectivity index (χ4v) is 2.10. The lowest BCUT2D eigenvalue weighted by Gasteiger charge is -2.08. The van der Waals surface area contributed by atoms with Crippen molar-refractivity contribution in [1.82, 2.24) is 15.3 Å². The third-order valence-corrected chi connectivity index (χ3v) is 2.99. The Labute approximate surface area is 105 Å². The minimum atomic E-state index is 0.556. The van der Waals surface area contributed by atoms with E-state index in [0.29, 0.717) is 11.8 Å². The molecule has 0 fully saturated rings. The first-order chi connectivity index (χ1) is 8.72. The Morgan fingerprint density at radius 1 is 1.28 bits per heavy atom. The molecule has 4 N–H and O–H groups in total. The molecule has 92 valence electrons. The van der Waals surface area contributed by atoms with Crippen molar-refractivity contribution in [3.05, 3.63) is 41.1 Å². The maximum absolute atomic E-state index is 5.93.